The first-order valence-corrected chi connectivity index (χ1v) is 7.99. The number of benzene rings is 1. The number of allylic oxidation sites excluding steroid dienone is 2. The van der Waals surface area contributed by atoms with Crippen molar-refractivity contribution in [2.24, 2.45) is 13.0 Å². The first-order chi connectivity index (χ1) is 11.5. The minimum absolute atomic E-state index is 0.0884. The summed E-state index contributed by atoms with van der Waals surface area (Å²) in [7, 11) is 1.52. The molecule has 0 spiro atoms. The molecule has 1 amide bonds. The fourth-order valence-electron chi connectivity index (χ4n) is 3.12. The number of amides is 1. The molecule has 1 heterocycles. The SMILES string of the molecule is Cn1cc(C(=O)Nc2ccccc2C2=C(C3CC3)C2)c(C(F)F)n1. The van der Waals surface area contributed by atoms with E-state index >= 15 is 0 Å². The van der Waals surface area contributed by atoms with Crippen molar-refractivity contribution in [3.05, 3.63) is 52.9 Å². The number of alkyl halides is 2. The van der Waals surface area contributed by atoms with Gasteiger partial charge in [0.05, 0.1) is 5.56 Å². The largest absolute Gasteiger partial charge is 0.321 e. The Morgan fingerprint density at radius 2 is 2.08 bits per heavy atom. The lowest BCUT2D eigenvalue weighted by Crippen LogP contribution is -2.14. The molecule has 4 nitrogen and oxygen atoms in total. The highest BCUT2D eigenvalue weighted by molar-refractivity contribution is 6.07. The van der Waals surface area contributed by atoms with Gasteiger partial charge >= 0.3 is 0 Å². The standard InChI is InChI=1S/C18H17F2N3O/c1-23-9-14(16(22-23)17(19)20)18(24)21-15-5-3-2-4-11(15)13-8-12(13)10-6-7-10/h2-5,9-10,17H,6-8H2,1H3,(H,21,24). The van der Waals surface area contributed by atoms with Crippen LogP contribution in [0, 0.1) is 5.92 Å². The van der Waals surface area contributed by atoms with Gasteiger partial charge in [-0.2, -0.15) is 5.10 Å². The minimum Gasteiger partial charge on any atom is -0.321 e. The highest BCUT2D eigenvalue weighted by Crippen LogP contribution is 2.54. The molecule has 2 aliphatic rings. The van der Waals surface area contributed by atoms with Gasteiger partial charge in [-0.3, -0.25) is 9.48 Å². The smallest absolute Gasteiger partial charge is 0.282 e. The third-order valence-electron chi connectivity index (χ3n) is 4.51. The zero-order chi connectivity index (χ0) is 16.8. The molecule has 0 saturated heterocycles. The summed E-state index contributed by atoms with van der Waals surface area (Å²) < 4.78 is 27.3. The number of hydrogen-bond donors (Lipinski definition) is 1. The number of para-hydroxylation sites is 1. The zero-order valence-corrected chi connectivity index (χ0v) is 13.2. The van der Waals surface area contributed by atoms with Gasteiger partial charge in [0.25, 0.3) is 12.3 Å². The molecule has 1 aromatic heterocycles. The Morgan fingerprint density at radius 1 is 1.33 bits per heavy atom. The predicted molar refractivity (Wildman–Crippen MR) is 86.8 cm³/mol. The average Bonchev–Trinajstić information content (AvgIpc) is 3.44. The molecule has 0 atom stereocenters. The molecule has 124 valence electrons. The Kier molecular flexibility index (Phi) is 3.48. The van der Waals surface area contributed by atoms with Crippen molar-refractivity contribution in [3.63, 3.8) is 0 Å². The average molecular weight is 329 g/mol. The van der Waals surface area contributed by atoms with Crippen LogP contribution in [0.15, 0.2) is 36.0 Å². The van der Waals surface area contributed by atoms with Gasteiger partial charge in [-0.05, 0) is 36.8 Å². The lowest BCUT2D eigenvalue weighted by molar-refractivity contribution is 0.101. The van der Waals surface area contributed by atoms with E-state index in [0.717, 1.165) is 12.0 Å². The molecule has 0 bridgehead atoms. The second-order valence-corrected chi connectivity index (χ2v) is 6.36. The van der Waals surface area contributed by atoms with Crippen LogP contribution in [0.2, 0.25) is 0 Å². The van der Waals surface area contributed by atoms with E-state index in [0.29, 0.717) is 11.6 Å². The van der Waals surface area contributed by atoms with Crippen LogP contribution in [0.1, 0.15) is 47.3 Å². The Bertz CT molecular complexity index is 850. The van der Waals surface area contributed by atoms with Gasteiger partial charge in [0.1, 0.15) is 5.69 Å². The summed E-state index contributed by atoms with van der Waals surface area (Å²) in [6.45, 7) is 0. The normalized spacial score (nSPS) is 16.7. The monoisotopic (exact) mass is 329 g/mol. The molecule has 2 aromatic rings. The predicted octanol–water partition coefficient (Wildman–Crippen LogP) is 4.18. The summed E-state index contributed by atoms with van der Waals surface area (Å²) in [5.41, 5.74) is 3.85. The first kappa shape index (κ1) is 15.1. The van der Waals surface area contributed by atoms with Gasteiger partial charge in [0, 0.05) is 24.5 Å². The lowest BCUT2D eigenvalue weighted by Gasteiger charge is -2.09. The maximum atomic E-state index is 13.0. The molecule has 1 N–H and O–H groups in total. The lowest BCUT2D eigenvalue weighted by atomic mass is 10.1. The van der Waals surface area contributed by atoms with Crippen LogP contribution >= 0.6 is 0 Å². The van der Waals surface area contributed by atoms with Gasteiger partial charge in [-0.1, -0.05) is 23.8 Å². The third kappa shape index (κ3) is 2.72. The van der Waals surface area contributed by atoms with E-state index in [-0.39, 0.29) is 5.56 Å². The van der Waals surface area contributed by atoms with E-state index in [1.54, 1.807) is 0 Å². The number of carbonyl (C=O) groups excluding carboxylic acids is 1. The summed E-state index contributed by atoms with van der Waals surface area (Å²) in [5.74, 6) is 0.160. The van der Waals surface area contributed by atoms with Crippen molar-refractivity contribution in [2.75, 3.05) is 5.32 Å². The van der Waals surface area contributed by atoms with Crippen LogP contribution in [-0.4, -0.2) is 15.7 Å². The molecular formula is C18H17F2N3O. The van der Waals surface area contributed by atoms with Crippen molar-refractivity contribution in [2.45, 2.75) is 25.7 Å². The van der Waals surface area contributed by atoms with Crippen LogP contribution in [0.4, 0.5) is 14.5 Å². The van der Waals surface area contributed by atoms with E-state index in [9.17, 15) is 13.6 Å². The number of anilines is 1. The highest BCUT2D eigenvalue weighted by Gasteiger charge is 2.37. The number of rotatable bonds is 5. The maximum Gasteiger partial charge on any atom is 0.282 e. The summed E-state index contributed by atoms with van der Waals surface area (Å²) in [6, 6.07) is 7.53. The van der Waals surface area contributed by atoms with E-state index in [1.165, 1.54) is 41.9 Å². The molecule has 1 fully saturated rings. The zero-order valence-electron chi connectivity index (χ0n) is 13.2. The van der Waals surface area contributed by atoms with Crippen LogP contribution in [0.25, 0.3) is 5.57 Å². The third-order valence-corrected chi connectivity index (χ3v) is 4.51. The number of nitrogens with one attached hydrogen (secondary N) is 1. The Morgan fingerprint density at radius 3 is 2.79 bits per heavy atom. The first-order valence-electron chi connectivity index (χ1n) is 7.99. The van der Waals surface area contributed by atoms with Crippen molar-refractivity contribution in [1.29, 1.82) is 0 Å². The van der Waals surface area contributed by atoms with Crippen LogP contribution in [0.5, 0.6) is 0 Å². The molecule has 4 rings (SSSR count). The molecule has 2 aliphatic carbocycles. The molecule has 1 saturated carbocycles. The number of halogens is 2. The fraction of sp³-hybridized carbons (Fsp3) is 0.333. The van der Waals surface area contributed by atoms with Crippen molar-refractivity contribution < 1.29 is 13.6 Å². The molecule has 0 unspecified atom stereocenters. The fourth-order valence-corrected chi connectivity index (χ4v) is 3.12. The van der Waals surface area contributed by atoms with E-state index in [2.05, 4.69) is 10.4 Å². The van der Waals surface area contributed by atoms with Gasteiger partial charge < -0.3 is 5.32 Å². The molecule has 0 aliphatic heterocycles. The van der Waals surface area contributed by atoms with Crippen molar-refractivity contribution >= 4 is 17.2 Å². The molecule has 1 aromatic carbocycles. The van der Waals surface area contributed by atoms with E-state index in [4.69, 9.17) is 0 Å². The summed E-state index contributed by atoms with van der Waals surface area (Å²) in [5, 5.41) is 6.46. The molecule has 0 radical (unpaired) electrons. The van der Waals surface area contributed by atoms with Crippen LogP contribution < -0.4 is 5.32 Å². The topological polar surface area (TPSA) is 46.9 Å². The van der Waals surface area contributed by atoms with Gasteiger partial charge in [0.15, 0.2) is 0 Å². The molecule has 24 heavy (non-hydrogen) atoms. The highest BCUT2D eigenvalue weighted by atomic mass is 19.3. The van der Waals surface area contributed by atoms with Crippen molar-refractivity contribution in [1.82, 2.24) is 9.78 Å². The van der Waals surface area contributed by atoms with Crippen LogP contribution in [0.3, 0.4) is 0 Å². The molecule has 6 heteroatoms. The molecular weight excluding hydrogens is 312 g/mol. The number of carbonyl (C=O) groups is 1. The Labute approximate surface area is 138 Å². The minimum atomic E-state index is -2.78. The number of aromatic nitrogens is 2. The summed E-state index contributed by atoms with van der Waals surface area (Å²) >= 11 is 0. The number of nitrogens with zero attached hydrogens (tertiary/aromatic N) is 2. The number of aryl methyl sites for hydroxylation is 1. The quantitative estimate of drug-likeness (QED) is 0.894. The van der Waals surface area contributed by atoms with Gasteiger partial charge in [-0.15, -0.1) is 0 Å². The summed E-state index contributed by atoms with van der Waals surface area (Å²) in [4.78, 5) is 12.5. The second-order valence-electron chi connectivity index (χ2n) is 6.36. The maximum absolute atomic E-state index is 13.0. The second kappa shape index (κ2) is 5.54. The Balaban J connectivity index is 1.61. The Hall–Kier alpha value is -2.50. The van der Waals surface area contributed by atoms with Crippen molar-refractivity contribution in [3.8, 4) is 0 Å². The van der Waals surface area contributed by atoms with Gasteiger partial charge in [0.2, 0.25) is 0 Å². The summed E-state index contributed by atoms with van der Waals surface area (Å²) in [6.07, 6.45) is 2.04. The number of hydrogen-bond acceptors (Lipinski definition) is 2. The van der Waals surface area contributed by atoms with Crippen LogP contribution in [-0.2, 0) is 7.05 Å². The van der Waals surface area contributed by atoms with E-state index in [1.807, 2.05) is 24.3 Å². The van der Waals surface area contributed by atoms with E-state index < -0.39 is 18.0 Å². The van der Waals surface area contributed by atoms with Gasteiger partial charge in [-0.25, -0.2) is 8.78 Å².